The van der Waals surface area contributed by atoms with Crippen LogP contribution in [0, 0.1) is 5.92 Å². The largest absolute Gasteiger partial charge is 0.497 e. The Balaban J connectivity index is 1.46. The second-order valence-electron chi connectivity index (χ2n) is 10.7. The molecule has 0 aliphatic heterocycles. The molecule has 39 heavy (non-hydrogen) atoms. The fourth-order valence-electron chi connectivity index (χ4n) is 6.12. The van der Waals surface area contributed by atoms with E-state index in [2.05, 4.69) is 20.4 Å². The van der Waals surface area contributed by atoms with E-state index in [1.165, 1.54) is 30.9 Å². The molecule has 3 aromatic rings. The smallest absolute Gasteiger partial charge is 0.229 e. The maximum absolute atomic E-state index is 15.5. The summed E-state index contributed by atoms with van der Waals surface area (Å²) in [4.78, 5) is 8.70. The average molecular weight is 559 g/mol. The molecule has 0 saturated heterocycles. The zero-order valence-corrected chi connectivity index (χ0v) is 23.0. The van der Waals surface area contributed by atoms with Crippen LogP contribution in [0.25, 0.3) is 5.52 Å². The van der Waals surface area contributed by atoms with Gasteiger partial charge in [0.25, 0.3) is 0 Å². The van der Waals surface area contributed by atoms with Crippen LogP contribution in [0.15, 0.2) is 60.5 Å². The van der Waals surface area contributed by atoms with Gasteiger partial charge in [0.05, 0.1) is 47.6 Å². The van der Waals surface area contributed by atoms with Gasteiger partial charge in [-0.15, -0.1) is 0 Å². The lowest BCUT2D eigenvalue weighted by Crippen LogP contribution is -2.48. The lowest BCUT2D eigenvalue weighted by Gasteiger charge is -2.38. The van der Waals surface area contributed by atoms with Crippen LogP contribution in [0.5, 0.6) is 0 Å². The monoisotopic (exact) mass is 558 g/mol. The molecule has 3 N–H and O–H groups in total. The van der Waals surface area contributed by atoms with Crippen molar-refractivity contribution in [3.05, 3.63) is 71.8 Å². The first-order valence-electron chi connectivity index (χ1n) is 12.7. The van der Waals surface area contributed by atoms with Crippen molar-refractivity contribution in [2.75, 3.05) is 18.7 Å². The Bertz CT molecular complexity index is 1560. The summed E-state index contributed by atoms with van der Waals surface area (Å²) in [6.45, 7) is 3.20. The van der Waals surface area contributed by atoms with E-state index in [9.17, 15) is 8.42 Å². The minimum Gasteiger partial charge on any atom is -0.497 e. The van der Waals surface area contributed by atoms with E-state index in [1.807, 2.05) is 13.0 Å². The summed E-state index contributed by atoms with van der Waals surface area (Å²) in [5, 5.41) is 7.24. The number of ether oxygens (including phenoxy) is 1. The highest BCUT2D eigenvalue weighted by Crippen LogP contribution is 2.43. The molecule has 0 radical (unpaired) electrons. The summed E-state index contributed by atoms with van der Waals surface area (Å²) in [5.41, 5.74) is 6.73. The zero-order chi connectivity index (χ0) is 28.1. The zero-order valence-electron chi connectivity index (χ0n) is 22.2. The molecule has 0 spiro atoms. The van der Waals surface area contributed by atoms with Gasteiger partial charge in [-0.1, -0.05) is 6.92 Å². The lowest BCUT2D eigenvalue weighted by molar-refractivity contribution is 0.186. The van der Waals surface area contributed by atoms with E-state index in [0.29, 0.717) is 30.0 Å². The maximum atomic E-state index is 15.5. The van der Waals surface area contributed by atoms with Crippen molar-refractivity contribution in [3.63, 3.8) is 0 Å². The third-order valence-corrected chi connectivity index (χ3v) is 9.52. The maximum Gasteiger partial charge on any atom is 0.229 e. The minimum absolute atomic E-state index is 0.00346. The van der Waals surface area contributed by atoms with Crippen molar-refractivity contribution in [3.8, 4) is 0 Å². The predicted octanol–water partition coefficient (Wildman–Crippen LogP) is 4.33. The van der Waals surface area contributed by atoms with Crippen molar-refractivity contribution in [2.45, 2.75) is 55.5 Å². The second-order valence-corrected chi connectivity index (χ2v) is 12.9. The molecule has 6 atom stereocenters. The van der Waals surface area contributed by atoms with Gasteiger partial charge >= 0.3 is 0 Å². The summed E-state index contributed by atoms with van der Waals surface area (Å²) in [5.74, 6) is -1.60. The second kappa shape index (κ2) is 9.98. The number of nitrogens with two attached hydrogens (primary N) is 1. The Morgan fingerprint density at radius 3 is 2.67 bits per heavy atom. The van der Waals surface area contributed by atoms with Gasteiger partial charge in [0, 0.05) is 24.6 Å². The number of imidazole rings is 1. The molecule has 1 saturated carbocycles. The number of fused-ring (bicyclic) bond motifs is 1. The number of hydrogen-bond donors (Lipinski definition) is 2. The lowest BCUT2D eigenvalue weighted by atomic mass is 9.76. The number of allylic oxidation sites excluding steroid dienone is 3. The number of nitrogens with one attached hydrogen (secondary N) is 1. The quantitative estimate of drug-likeness (QED) is 0.458. The van der Waals surface area contributed by atoms with Gasteiger partial charge in [0.1, 0.15) is 17.3 Å². The predicted molar refractivity (Wildman–Crippen MR) is 145 cm³/mol. The summed E-state index contributed by atoms with van der Waals surface area (Å²) >= 11 is 0. The molecule has 5 rings (SSSR count). The van der Waals surface area contributed by atoms with Gasteiger partial charge in [-0.2, -0.15) is 9.61 Å². The van der Waals surface area contributed by atoms with E-state index in [-0.39, 0.29) is 23.3 Å². The molecule has 0 amide bonds. The Labute approximate surface area is 226 Å². The van der Waals surface area contributed by atoms with Gasteiger partial charge < -0.3 is 15.8 Å². The first-order chi connectivity index (χ1) is 18.4. The molecular formula is C27H32F2N6O3S. The molecule has 1 fully saturated rings. The molecule has 0 aromatic carbocycles. The topological polar surface area (TPSA) is 124 Å². The van der Waals surface area contributed by atoms with E-state index >= 15 is 8.78 Å². The number of alkyl halides is 1. The van der Waals surface area contributed by atoms with Crippen molar-refractivity contribution in [1.29, 1.82) is 0 Å². The highest BCUT2D eigenvalue weighted by Gasteiger charge is 2.42. The number of anilines is 2. The summed E-state index contributed by atoms with van der Waals surface area (Å²) in [7, 11) is -1.92. The van der Waals surface area contributed by atoms with Crippen molar-refractivity contribution in [2.24, 2.45) is 11.7 Å². The fourth-order valence-corrected chi connectivity index (χ4v) is 7.82. The van der Waals surface area contributed by atoms with Crippen LogP contribution in [0.4, 0.5) is 20.4 Å². The summed E-state index contributed by atoms with van der Waals surface area (Å²) in [6, 6.07) is 4.68. The SMILES string of the molecule is COC1=CC(C)(F)C(c2ccc3cnc(Nc4cnccc4[C@H]4C[C@@H](N)[C@H](S(C)(=O)=O)[C@@H](C)C4)n3n2)C(F)=C1. The fraction of sp³-hybridized carbons (Fsp3) is 0.444. The highest BCUT2D eigenvalue weighted by molar-refractivity contribution is 7.91. The van der Waals surface area contributed by atoms with Crippen molar-refractivity contribution >= 4 is 27.0 Å². The summed E-state index contributed by atoms with van der Waals surface area (Å²) < 4.78 is 61.7. The molecule has 0 bridgehead atoms. The van der Waals surface area contributed by atoms with Crippen LogP contribution in [-0.4, -0.2) is 58.3 Å². The molecular weight excluding hydrogens is 526 g/mol. The first-order valence-corrected chi connectivity index (χ1v) is 14.7. The van der Waals surface area contributed by atoms with Crippen LogP contribution in [0.3, 0.4) is 0 Å². The Morgan fingerprint density at radius 2 is 2.00 bits per heavy atom. The van der Waals surface area contributed by atoms with Crippen LogP contribution in [-0.2, 0) is 14.6 Å². The van der Waals surface area contributed by atoms with E-state index in [1.54, 1.807) is 30.7 Å². The van der Waals surface area contributed by atoms with Crippen molar-refractivity contribution < 1.29 is 21.9 Å². The van der Waals surface area contributed by atoms with E-state index in [0.717, 1.165) is 11.6 Å². The normalized spacial score (nSPS) is 29.6. The molecule has 2 aliphatic carbocycles. The Morgan fingerprint density at radius 1 is 1.23 bits per heavy atom. The Kier molecular flexibility index (Phi) is 6.96. The van der Waals surface area contributed by atoms with Crippen LogP contribution >= 0.6 is 0 Å². The van der Waals surface area contributed by atoms with Gasteiger partial charge in [0.2, 0.25) is 5.95 Å². The van der Waals surface area contributed by atoms with Crippen LogP contribution < -0.4 is 11.1 Å². The number of halogens is 2. The third kappa shape index (κ3) is 5.14. The Hall–Kier alpha value is -3.38. The highest BCUT2D eigenvalue weighted by atomic mass is 32.2. The number of methoxy groups -OCH3 is 1. The van der Waals surface area contributed by atoms with Gasteiger partial charge in [-0.3, -0.25) is 4.98 Å². The number of rotatable bonds is 6. The molecule has 2 unspecified atom stereocenters. The number of nitrogens with zero attached hydrogens (tertiary/aromatic N) is 4. The number of pyridine rings is 1. The molecule has 2 aliphatic rings. The molecule has 12 heteroatoms. The van der Waals surface area contributed by atoms with E-state index in [4.69, 9.17) is 10.5 Å². The third-order valence-electron chi connectivity index (χ3n) is 7.71. The number of aromatic nitrogens is 4. The van der Waals surface area contributed by atoms with Gasteiger partial charge in [0.15, 0.2) is 9.84 Å². The van der Waals surface area contributed by atoms with Crippen LogP contribution in [0.1, 0.15) is 49.8 Å². The van der Waals surface area contributed by atoms with Gasteiger partial charge in [-0.25, -0.2) is 22.2 Å². The number of sulfone groups is 1. The molecule has 208 valence electrons. The molecule has 3 heterocycles. The standard InChI is InChI=1S/C27H32F2N6O3S/c1-15-9-16(10-21(30)25(15)39(4,36)37)19-7-8-31-14-23(19)33-26-32-13-17-5-6-22(34-35(17)26)24-20(28)11-18(38-3)12-27(24,2)29/h5-8,11-16,21,24-25H,9-10,30H2,1-4H3,(H,32,33)/t15-,16+,21+,24?,25+,27?/m0/s1. The van der Waals surface area contributed by atoms with Crippen molar-refractivity contribution in [1.82, 2.24) is 19.6 Å². The number of hydrogen-bond acceptors (Lipinski definition) is 8. The molecule has 3 aromatic heterocycles. The van der Waals surface area contributed by atoms with Gasteiger partial charge in [-0.05, 0) is 61.4 Å². The minimum atomic E-state index is -3.28. The van der Waals surface area contributed by atoms with Crippen LogP contribution in [0.2, 0.25) is 0 Å². The van der Waals surface area contributed by atoms with E-state index < -0.39 is 38.5 Å². The first kappa shape index (κ1) is 27.2. The summed E-state index contributed by atoms with van der Waals surface area (Å²) in [6.07, 6.45) is 9.75. The molecule has 9 nitrogen and oxygen atoms in total. The average Bonchev–Trinajstić information content (AvgIpc) is 3.24.